The molecular weight excluding hydrogens is 490 g/mol. The van der Waals surface area contributed by atoms with Crippen molar-refractivity contribution >= 4 is 34.2 Å². The van der Waals surface area contributed by atoms with E-state index < -0.39 is 5.69 Å². The minimum absolute atomic E-state index is 0.00902. The highest BCUT2D eigenvalue weighted by molar-refractivity contribution is 6.30. The molecule has 2 aromatic heterocycles. The second-order valence-corrected chi connectivity index (χ2v) is 9.53. The maximum absolute atomic E-state index is 13.7. The summed E-state index contributed by atoms with van der Waals surface area (Å²) < 4.78 is 4.21. The summed E-state index contributed by atoms with van der Waals surface area (Å²) in [6.07, 6.45) is 0.781. The number of fused-ring (bicyclic) bond motifs is 3. The molecule has 9 heteroatoms. The second kappa shape index (κ2) is 10.1. The van der Waals surface area contributed by atoms with Crippen LogP contribution in [-0.4, -0.2) is 30.7 Å². The lowest BCUT2D eigenvalue weighted by Gasteiger charge is -2.13. The number of hydrogen-bond donors (Lipinski definition) is 1. The van der Waals surface area contributed by atoms with Gasteiger partial charge in [0.05, 0.1) is 24.0 Å². The highest BCUT2D eigenvalue weighted by atomic mass is 35.5. The number of nitrogens with zero attached hydrogens (tertiary/aromatic N) is 4. The number of halogens is 1. The second-order valence-electron chi connectivity index (χ2n) is 9.10. The van der Waals surface area contributed by atoms with Gasteiger partial charge >= 0.3 is 5.69 Å². The van der Waals surface area contributed by atoms with Gasteiger partial charge in [0.15, 0.2) is 0 Å². The molecule has 1 amide bonds. The predicted molar refractivity (Wildman–Crippen MR) is 145 cm³/mol. The number of nitrogens with one attached hydrogen (secondary N) is 1. The first-order chi connectivity index (χ1) is 17.9. The third-order valence-electron chi connectivity index (χ3n) is 6.43. The van der Waals surface area contributed by atoms with E-state index in [0.717, 1.165) is 17.5 Å². The number of carbonyl (C=O) groups excluding carboxylic acids is 1. The maximum atomic E-state index is 13.7. The average molecular weight is 516 g/mol. The van der Waals surface area contributed by atoms with E-state index in [4.69, 9.17) is 11.6 Å². The zero-order valence-corrected chi connectivity index (χ0v) is 21.3. The van der Waals surface area contributed by atoms with Gasteiger partial charge in [0.1, 0.15) is 0 Å². The molecule has 0 spiro atoms. The molecule has 5 rings (SSSR count). The smallest absolute Gasteiger partial charge is 0.350 e. The van der Waals surface area contributed by atoms with Gasteiger partial charge in [0.2, 0.25) is 5.78 Å². The zero-order valence-electron chi connectivity index (χ0n) is 20.5. The van der Waals surface area contributed by atoms with Gasteiger partial charge in [-0.15, -0.1) is 5.10 Å². The Labute approximate surface area is 217 Å². The van der Waals surface area contributed by atoms with Crippen molar-refractivity contribution in [1.82, 2.24) is 24.1 Å². The molecule has 0 aliphatic carbocycles. The van der Waals surface area contributed by atoms with E-state index in [1.807, 2.05) is 50.2 Å². The summed E-state index contributed by atoms with van der Waals surface area (Å²) in [6.45, 7) is 4.32. The first-order valence-corrected chi connectivity index (χ1v) is 12.5. The molecule has 0 saturated heterocycles. The number of rotatable bonds is 7. The topological polar surface area (TPSA) is 90.4 Å². The van der Waals surface area contributed by atoms with Gasteiger partial charge in [-0.1, -0.05) is 61.0 Å². The van der Waals surface area contributed by atoms with Crippen LogP contribution in [0.4, 0.5) is 0 Å². The molecule has 5 aromatic rings. The molecular formula is C28H26ClN5O3. The van der Waals surface area contributed by atoms with Gasteiger partial charge in [0.25, 0.3) is 11.5 Å². The highest BCUT2D eigenvalue weighted by Crippen LogP contribution is 2.17. The Morgan fingerprint density at radius 2 is 1.73 bits per heavy atom. The maximum Gasteiger partial charge on any atom is 0.352 e. The van der Waals surface area contributed by atoms with Gasteiger partial charge < -0.3 is 5.32 Å². The summed E-state index contributed by atoms with van der Waals surface area (Å²) in [6, 6.07) is 21.5. The van der Waals surface area contributed by atoms with E-state index in [2.05, 4.69) is 10.4 Å². The fourth-order valence-electron chi connectivity index (χ4n) is 4.29. The van der Waals surface area contributed by atoms with Crippen molar-refractivity contribution in [2.75, 3.05) is 0 Å². The van der Waals surface area contributed by atoms with Crippen LogP contribution in [0.15, 0.2) is 82.4 Å². The Morgan fingerprint density at radius 3 is 2.46 bits per heavy atom. The molecule has 37 heavy (non-hydrogen) atoms. The molecule has 0 radical (unpaired) electrons. The number of amides is 1. The van der Waals surface area contributed by atoms with Gasteiger partial charge in [-0.25, -0.2) is 13.9 Å². The van der Waals surface area contributed by atoms with E-state index in [1.165, 1.54) is 13.6 Å². The lowest BCUT2D eigenvalue weighted by atomic mass is 10.1. The monoisotopic (exact) mass is 515 g/mol. The van der Waals surface area contributed by atoms with Crippen LogP contribution in [0, 0.1) is 0 Å². The minimum Gasteiger partial charge on any atom is -0.350 e. The van der Waals surface area contributed by atoms with E-state index in [-0.39, 0.29) is 36.4 Å². The number of carbonyl (C=O) groups is 1. The van der Waals surface area contributed by atoms with Gasteiger partial charge in [-0.3, -0.25) is 14.2 Å². The normalized spacial score (nSPS) is 12.2. The summed E-state index contributed by atoms with van der Waals surface area (Å²) in [5.74, 6) is -0.0647. The molecule has 0 fully saturated rings. The Kier molecular flexibility index (Phi) is 6.67. The van der Waals surface area contributed by atoms with Crippen molar-refractivity contribution in [2.45, 2.75) is 39.4 Å². The molecule has 8 nitrogen and oxygen atoms in total. The van der Waals surface area contributed by atoms with E-state index in [9.17, 15) is 14.4 Å². The van der Waals surface area contributed by atoms with Gasteiger partial charge in [0, 0.05) is 16.6 Å². The van der Waals surface area contributed by atoms with Crippen molar-refractivity contribution in [3.63, 3.8) is 0 Å². The van der Waals surface area contributed by atoms with Crippen LogP contribution in [0.3, 0.4) is 0 Å². The minimum atomic E-state index is -0.415. The fourth-order valence-corrected chi connectivity index (χ4v) is 4.50. The van der Waals surface area contributed by atoms with Gasteiger partial charge in [-0.05, 0) is 54.8 Å². The molecule has 2 heterocycles. The number of aromatic nitrogens is 4. The summed E-state index contributed by atoms with van der Waals surface area (Å²) >= 11 is 6.14. The summed E-state index contributed by atoms with van der Waals surface area (Å²) in [4.78, 5) is 40.2. The Bertz CT molecular complexity index is 1740. The highest BCUT2D eigenvalue weighted by Gasteiger charge is 2.20. The molecule has 0 aliphatic rings. The molecule has 3 aromatic carbocycles. The molecule has 188 valence electrons. The molecule has 0 bridgehead atoms. The quantitative estimate of drug-likeness (QED) is 0.353. The van der Waals surface area contributed by atoms with Crippen LogP contribution in [0.5, 0.6) is 0 Å². The molecule has 1 atom stereocenters. The predicted octanol–water partition coefficient (Wildman–Crippen LogP) is 4.09. The summed E-state index contributed by atoms with van der Waals surface area (Å²) in [5.41, 5.74) is 1.69. The Balaban J connectivity index is 1.73. The first-order valence-electron chi connectivity index (χ1n) is 12.1. The standard InChI is InChI=1S/C28H26ClN5O3/c1-3-18(2)30-25(35)21-12-13-23-24(15-21)34-27(32(26(23)36)16-19-8-5-4-6-9-19)31-33(28(34)37)17-20-10-7-11-22(29)14-20/h4-15,18H,3,16-17H2,1-2H3,(H,30,35). The Hall–Kier alpha value is -4.17. The van der Waals surface area contributed by atoms with Crippen molar-refractivity contribution in [3.05, 3.63) is 115 Å². The van der Waals surface area contributed by atoms with E-state index in [1.54, 1.807) is 36.4 Å². The van der Waals surface area contributed by atoms with Crippen molar-refractivity contribution in [2.24, 2.45) is 0 Å². The lowest BCUT2D eigenvalue weighted by Crippen LogP contribution is -2.32. The summed E-state index contributed by atoms with van der Waals surface area (Å²) in [5, 5.41) is 8.38. The number of hydrogen-bond acceptors (Lipinski definition) is 4. The van der Waals surface area contributed by atoms with Crippen LogP contribution < -0.4 is 16.6 Å². The van der Waals surface area contributed by atoms with Crippen molar-refractivity contribution in [1.29, 1.82) is 0 Å². The Morgan fingerprint density at radius 1 is 0.973 bits per heavy atom. The van der Waals surface area contributed by atoms with Crippen LogP contribution in [0.1, 0.15) is 41.8 Å². The zero-order chi connectivity index (χ0) is 26.1. The van der Waals surface area contributed by atoms with Crippen LogP contribution in [0.2, 0.25) is 5.02 Å². The van der Waals surface area contributed by atoms with E-state index >= 15 is 0 Å². The molecule has 1 unspecified atom stereocenters. The van der Waals surface area contributed by atoms with Crippen LogP contribution in [-0.2, 0) is 13.1 Å². The SMILES string of the molecule is CCC(C)NC(=O)c1ccc2c(=O)n(Cc3ccccc3)c3nn(Cc4cccc(Cl)c4)c(=O)n3c2c1. The van der Waals surface area contributed by atoms with Crippen LogP contribution in [0.25, 0.3) is 16.7 Å². The third-order valence-corrected chi connectivity index (χ3v) is 6.67. The average Bonchev–Trinajstić information content (AvgIpc) is 3.22. The third kappa shape index (κ3) is 4.80. The van der Waals surface area contributed by atoms with Crippen molar-refractivity contribution in [3.8, 4) is 0 Å². The molecule has 1 N–H and O–H groups in total. The summed E-state index contributed by atoms with van der Waals surface area (Å²) in [7, 11) is 0. The molecule has 0 saturated carbocycles. The number of benzene rings is 3. The first kappa shape index (κ1) is 24.5. The fraction of sp³-hybridized carbons (Fsp3) is 0.214. The molecule has 0 aliphatic heterocycles. The van der Waals surface area contributed by atoms with Crippen molar-refractivity contribution < 1.29 is 4.79 Å². The van der Waals surface area contributed by atoms with Crippen LogP contribution >= 0.6 is 11.6 Å². The largest absolute Gasteiger partial charge is 0.352 e. The van der Waals surface area contributed by atoms with Gasteiger partial charge in [-0.2, -0.15) is 0 Å². The van der Waals surface area contributed by atoms with E-state index in [0.29, 0.717) is 21.5 Å². The lowest BCUT2D eigenvalue weighted by molar-refractivity contribution is 0.0939.